The zero-order chi connectivity index (χ0) is 10.5. The Morgan fingerprint density at radius 1 is 1.33 bits per heavy atom. The Balaban J connectivity index is 1.75. The first-order chi connectivity index (χ1) is 7.17. The van der Waals surface area contributed by atoms with Crippen LogP contribution in [0, 0.1) is 5.41 Å². The molecule has 0 spiro atoms. The van der Waals surface area contributed by atoms with Crippen molar-refractivity contribution in [2.45, 2.75) is 37.2 Å². The Morgan fingerprint density at radius 2 is 2.07 bits per heavy atom. The quantitative estimate of drug-likeness (QED) is 0.819. The molecule has 1 aromatic rings. The zero-order valence-corrected chi connectivity index (χ0v) is 10.1. The molecule has 80 valence electrons. The summed E-state index contributed by atoms with van der Waals surface area (Å²) in [5.74, 6) is 1.20. The van der Waals surface area contributed by atoms with Crippen LogP contribution < -0.4 is 5.32 Å². The van der Waals surface area contributed by atoms with Crippen molar-refractivity contribution in [1.29, 1.82) is 0 Å². The molecule has 1 aromatic carbocycles. The third kappa shape index (κ3) is 1.70. The lowest BCUT2D eigenvalue weighted by molar-refractivity contribution is 0.496. The van der Waals surface area contributed by atoms with Gasteiger partial charge in [-0.15, -0.1) is 11.8 Å². The molecular weight excluding hydrogens is 202 g/mol. The molecule has 1 aliphatic carbocycles. The number of nitrogens with one attached hydrogen (secondary N) is 1. The average molecular weight is 219 g/mol. The van der Waals surface area contributed by atoms with Gasteiger partial charge in [-0.1, -0.05) is 32.0 Å². The SMILES string of the molecule is CC1(C)CC1NC1CSc2ccccc21. The van der Waals surface area contributed by atoms with Gasteiger partial charge in [0, 0.05) is 22.7 Å². The highest BCUT2D eigenvalue weighted by Gasteiger charge is 2.46. The minimum Gasteiger partial charge on any atom is -0.306 e. The molecular formula is C13H17NS. The van der Waals surface area contributed by atoms with E-state index in [9.17, 15) is 0 Å². The molecule has 3 rings (SSSR count). The van der Waals surface area contributed by atoms with Gasteiger partial charge < -0.3 is 5.32 Å². The summed E-state index contributed by atoms with van der Waals surface area (Å²) in [6.45, 7) is 4.69. The normalized spacial score (nSPS) is 31.3. The minimum absolute atomic E-state index is 0.530. The van der Waals surface area contributed by atoms with Crippen LogP contribution in [0.2, 0.25) is 0 Å². The molecule has 1 heterocycles. The lowest BCUT2D eigenvalue weighted by atomic mass is 10.1. The molecule has 1 fully saturated rings. The van der Waals surface area contributed by atoms with Crippen molar-refractivity contribution in [3.63, 3.8) is 0 Å². The lowest BCUT2D eigenvalue weighted by Gasteiger charge is -2.14. The summed E-state index contributed by atoms with van der Waals surface area (Å²) in [6, 6.07) is 10.1. The van der Waals surface area contributed by atoms with Gasteiger partial charge in [0.1, 0.15) is 0 Å². The topological polar surface area (TPSA) is 12.0 Å². The minimum atomic E-state index is 0.530. The first-order valence-corrected chi connectivity index (χ1v) is 6.63. The molecule has 1 N–H and O–H groups in total. The van der Waals surface area contributed by atoms with Crippen LogP contribution in [0.1, 0.15) is 31.9 Å². The molecule has 0 bridgehead atoms. The third-order valence-electron chi connectivity index (χ3n) is 3.62. The smallest absolute Gasteiger partial charge is 0.0428 e. The van der Waals surface area contributed by atoms with Crippen LogP contribution in [0.3, 0.4) is 0 Å². The Hall–Kier alpha value is -0.470. The van der Waals surface area contributed by atoms with Gasteiger partial charge in [0.15, 0.2) is 0 Å². The summed E-state index contributed by atoms with van der Waals surface area (Å²) < 4.78 is 0. The molecule has 0 radical (unpaired) electrons. The van der Waals surface area contributed by atoms with Crippen molar-refractivity contribution in [3.05, 3.63) is 29.8 Å². The van der Waals surface area contributed by atoms with E-state index in [1.54, 1.807) is 0 Å². The summed E-state index contributed by atoms with van der Waals surface area (Å²) >= 11 is 1.98. The highest BCUT2D eigenvalue weighted by Crippen LogP contribution is 2.47. The number of hydrogen-bond donors (Lipinski definition) is 1. The summed E-state index contributed by atoms with van der Waals surface area (Å²) in [4.78, 5) is 1.47. The molecule has 0 amide bonds. The van der Waals surface area contributed by atoms with Crippen molar-refractivity contribution in [3.8, 4) is 0 Å². The standard InChI is InChI=1S/C13H17NS/c1-13(2)7-12(13)14-10-8-15-11-6-4-3-5-9(10)11/h3-6,10,12,14H,7-8H2,1-2H3. The van der Waals surface area contributed by atoms with E-state index >= 15 is 0 Å². The molecule has 2 aliphatic rings. The average Bonchev–Trinajstić information content (AvgIpc) is 2.64. The molecule has 15 heavy (non-hydrogen) atoms. The molecule has 1 aliphatic heterocycles. The maximum Gasteiger partial charge on any atom is 0.0428 e. The summed E-state index contributed by atoms with van der Waals surface area (Å²) in [7, 11) is 0. The van der Waals surface area contributed by atoms with Crippen molar-refractivity contribution in [1.82, 2.24) is 5.32 Å². The number of fused-ring (bicyclic) bond motifs is 1. The molecule has 2 atom stereocenters. The van der Waals surface area contributed by atoms with Gasteiger partial charge in [0.25, 0.3) is 0 Å². The van der Waals surface area contributed by atoms with Crippen LogP contribution in [0.4, 0.5) is 0 Å². The number of thioether (sulfide) groups is 1. The van der Waals surface area contributed by atoms with Gasteiger partial charge in [0.2, 0.25) is 0 Å². The monoisotopic (exact) mass is 219 g/mol. The van der Waals surface area contributed by atoms with Crippen molar-refractivity contribution in [2.75, 3.05) is 5.75 Å². The Labute approximate surface area is 95.6 Å². The molecule has 0 saturated heterocycles. The third-order valence-corrected chi connectivity index (χ3v) is 4.80. The van der Waals surface area contributed by atoms with Gasteiger partial charge in [-0.05, 0) is 23.5 Å². The molecule has 2 heteroatoms. The fourth-order valence-electron chi connectivity index (χ4n) is 2.30. The zero-order valence-electron chi connectivity index (χ0n) is 9.29. The Morgan fingerprint density at radius 3 is 2.80 bits per heavy atom. The predicted octanol–water partition coefficient (Wildman–Crippen LogP) is 3.22. The molecule has 1 nitrogen and oxygen atoms in total. The second-order valence-electron chi connectivity index (χ2n) is 5.31. The summed E-state index contributed by atoms with van der Waals surface area (Å²) in [5.41, 5.74) is 2.03. The van der Waals surface area contributed by atoms with Gasteiger partial charge in [-0.3, -0.25) is 0 Å². The number of benzene rings is 1. The maximum absolute atomic E-state index is 3.78. The van der Waals surface area contributed by atoms with Gasteiger partial charge in [-0.2, -0.15) is 0 Å². The lowest BCUT2D eigenvalue weighted by Crippen LogP contribution is -2.26. The van der Waals surface area contributed by atoms with Crippen LogP contribution in [-0.2, 0) is 0 Å². The highest BCUT2D eigenvalue weighted by molar-refractivity contribution is 7.99. The van der Waals surface area contributed by atoms with Crippen molar-refractivity contribution in [2.24, 2.45) is 5.41 Å². The van der Waals surface area contributed by atoms with E-state index in [0.29, 0.717) is 11.5 Å². The van der Waals surface area contributed by atoms with Crippen LogP contribution in [-0.4, -0.2) is 11.8 Å². The van der Waals surface area contributed by atoms with Crippen LogP contribution in [0.25, 0.3) is 0 Å². The summed E-state index contributed by atoms with van der Waals surface area (Å²) in [6.07, 6.45) is 1.33. The number of rotatable bonds is 2. The van der Waals surface area contributed by atoms with E-state index in [0.717, 1.165) is 6.04 Å². The van der Waals surface area contributed by atoms with Gasteiger partial charge >= 0.3 is 0 Å². The molecule has 0 aromatic heterocycles. The van der Waals surface area contributed by atoms with E-state index in [1.807, 2.05) is 11.8 Å². The van der Waals surface area contributed by atoms with Crippen LogP contribution >= 0.6 is 11.8 Å². The van der Waals surface area contributed by atoms with Gasteiger partial charge in [-0.25, -0.2) is 0 Å². The van der Waals surface area contributed by atoms with Crippen molar-refractivity contribution >= 4 is 11.8 Å². The summed E-state index contributed by atoms with van der Waals surface area (Å²) in [5, 5.41) is 3.78. The van der Waals surface area contributed by atoms with E-state index in [1.165, 1.54) is 22.6 Å². The van der Waals surface area contributed by atoms with Crippen LogP contribution in [0.15, 0.2) is 29.2 Å². The van der Waals surface area contributed by atoms with E-state index in [2.05, 4.69) is 43.4 Å². The highest BCUT2D eigenvalue weighted by atomic mass is 32.2. The van der Waals surface area contributed by atoms with Crippen LogP contribution in [0.5, 0.6) is 0 Å². The van der Waals surface area contributed by atoms with Gasteiger partial charge in [0.05, 0.1) is 0 Å². The van der Waals surface area contributed by atoms with E-state index in [4.69, 9.17) is 0 Å². The fraction of sp³-hybridized carbons (Fsp3) is 0.538. The Kier molecular flexibility index (Phi) is 2.12. The fourth-order valence-corrected chi connectivity index (χ4v) is 3.47. The number of hydrogen-bond acceptors (Lipinski definition) is 2. The van der Waals surface area contributed by atoms with Crippen molar-refractivity contribution < 1.29 is 0 Å². The largest absolute Gasteiger partial charge is 0.306 e. The first kappa shape index (κ1) is 9.73. The molecule has 1 saturated carbocycles. The predicted molar refractivity (Wildman–Crippen MR) is 65.2 cm³/mol. The molecule has 2 unspecified atom stereocenters. The first-order valence-electron chi connectivity index (χ1n) is 5.64. The Bertz CT molecular complexity index is 386. The second kappa shape index (κ2) is 3.26. The van der Waals surface area contributed by atoms with E-state index < -0.39 is 0 Å². The second-order valence-corrected chi connectivity index (χ2v) is 6.38. The van der Waals surface area contributed by atoms with E-state index in [-0.39, 0.29) is 0 Å². The maximum atomic E-state index is 3.78.